The lowest BCUT2D eigenvalue weighted by atomic mass is 9.69. The maximum Gasteiger partial charge on any atom is 0.335 e. The number of nitrogens with zero attached hydrogens (tertiary/aromatic N) is 3. The molecular formula is C29H43N3O3. The summed E-state index contributed by atoms with van der Waals surface area (Å²) in [6.45, 7) is 15.4. The zero-order valence-corrected chi connectivity index (χ0v) is 22.4. The highest BCUT2D eigenvalue weighted by molar-refractivity contribution is 6.39. The van der Waals surface area contributed by atoms with E-state index in [0.29, 0.717) is 17.2 Å². The first-order valence-corrected chi connectivity index (χ1v) is 13.4. The highest BCUT2D eigenvalue weighted by atomic mass is 16.4. The summed E-state index contributed by atoms with van der Waals surface area (Å²) in [5, 5.41) is 9.34. The van der Waals surface area contributed by atoms with Crippen LogP contribution in [0.15, 0.2) is 29.3 Å². The summed E-state index contributed by atoms with van der Waals surface area (Å²) in [5.74, 6) is 0.385. The molecule has 4 rings (SSSR count). The van der Waals surface area contributed by atoms with Gasteiger partial charge in [-0.3, -0.25) is 4.79 Å². The average Bonchev–Trinajstić information content (AvgIpc) is 3.06. The molecule has 2 heterocycles. The summed E-state index contributed by atoms with van der Waals surface area (Å²) in [7, 11) is 0. The molecule has 0 radical (unpaired) electrons. The molecule has 1 atom stereocenters. The Labute approximate surface area is 210 Å². The molecule has 2 aliphatic heterocycles. The molecule has 1 aromatic rings. The van der Waals surface area contributed by atoms with Crippen LogP contribution in [0.1, 0.15) is 108 Å². The maximum atomic E-state index is 14.1. The van der Waals surface area contributed by atoms with Crippen LogP contribution in [-0.4, -0.2) is 51.4 Å². The minimum atomic E-state index is -0.933. The summed E-state index contributed by atoms with van der Waals surface area (Å²) in [5.41, 5.74) is 1.30. The summed E-state index contributed by atoms with van der Waals surface area (Å²) >= 11 is 0. The molecule has 2 fully saturated rings. The van der Waals surface area contributed by atoms with Gasteiger partial charge in [0.2, 0.25) is 0 Å². The molecule has 3 aliphatic rings. The molecule has 35 heavy (non-hydrogen) atoms. The molecular weight excluding hydrogens is 438 g/mol. The Hall–Kier alpha value is -2.37. The van der Waals surface area contributed by atoms with Crippen molar-refractivity contribution in [2.75, 3.05) is 13.1 Å². The number of hydrogen-bond acceptors (Lipinski definition) is 4. The highest BCUT2D eigenvalue weighted by Crippen LogP contribution is 2.49. The van der Waals surface area contributed by atoms with Gasteiger partial charge in [-0.1, -0.05) is 53.7 Å². The van der Waals surface area contributed by atoms with Crippen molar-refractivity contribution in [1.82, 2.24) is 9.80 Å². The van der Waals surface area contributed by atoms with E-state index in [1.54, 1.807) is 12.1 Å². The Morgan fingerprint density at radius 1 is 1.09 bits per heavy atom. The number of aliphatic imine (C=N–C) groups is 1. The standard InChI is InChI=1S/C29H43N3O3/c1-7-23(20-8-10-21(11-9-20)26(34)35)32-25(33)24(31-18-16-28(5,6)17-19-31)30-29(32)14-12-22(13-15-29)27(2,3)4/h8-11,22-23H,7,12-19H2,1-6H3,(H,34,35)/t22?,23-,29?/m1/s1. The lowest BCUT2D eigenvalue weighted by molar-refractivity contribution is -0.134. The van der Waals surface area contributed by atoms with Gasteiger partial charge in [0.25, 0.3) is 5.91 Å². The zero-order valence-electron chi connectivity index (χ0n) is 22.4. The molecule has 1 saturated carbocycles. The molecule has 1 aromatic carbocycles. The number of carboxylic acid groups (broad SMARTS) is 1. The van der Waals surface area contributed by atoms with E-state index in [1.165, 1.54) is 0 Å². The van der Waals surface area contributed by atoms with Crippen LogP contribution in [0.2, 0.25) is 0 Å². The van der Waals surface area contributed by atoms with Gasteiger partial charge in [0, 0.05) is 13.1 Å². The average molecular weight is 482 g/mol. The largest absolute Gasteiger partial charge is 0.478 e. The predicted molar refractivity (Wildman–Crippen MR) is 139 cm³/mol. The number of carbonyl (C=O) groups excluding carboxylic acids is 1. The van der Waals surface area contributed by atoms with E-state index in [0.717, 1.165) is 63.6 Å². The van der Waals surface area contributed by atoms with Crippen molar-refractivity contribution in [3.8, 4) is 0 Å². The van der Waals surface area contributed by atoms with Crippen LogP contribution >= 0.6 is 0 Å². The number of hydrogen-bond donors (Lipinski definition) is 1. The van der Waals surface area contributed by atoms with E-state index >= 15 is 0 Å². The van der Waals surface area contributed by atoms with Gasteiger partial charge in [0.15, 0.2) is 5.84 Å². The van der Waals surface area contributed by atoms with E-state index in [-0.39, 0.29) is 22.9 Å². The second kappa shape index (κ2) is 9.25. The summed E-state index contributed by atoms with van der Waals surface area (Å²) in [6.07, 6.45) is 6.77. The molecule has 1 N–H and O–H groups in total. The van der Waals surface area contributed by atoms with Crippen molar-refractivity contribution >= 4 is 17.7 Å². The van der Waals surface area contributed by atoms with Crippen molar-refractivity contribution in [2.24, 2.45) is 21.7 Å². The zero-order chi connectivity index (χ0) is 25.6. The normalized spacial score (nSPS) is 27.8. The minimum Gasteiger partial charge on any atom is -0.478 e. The number of carbonyl (C=O) groups is 2. The molecule has 192 valence electrons. The summed E-state index contributed by atoms with van der Waals surface area (Å²) < 4.78 is 0. The fraction of sp³-hybridized carbons (Fsp3) is 0.690. The molecule has 1 spiro atoms. The predicted octanol–water partition coefficient (Wildman–Crippen LogP) is 6.13. The first-order valence-electron chi connectivity index (χ1n) is 13.4. The molecule has 1 aliphatic carbocycles. The van der Waals surface area contributed by atoms with Crippen LogP contribution in [0.3, 0.4) is 0 Å². The van der Waals surface area contributed by atoms with Crippen molar-refractivity contribution in [3.63, 3.8) is 0 Å². The fourth-order valence-electron chi connectivity index (χ4n) is 6.27. The fourth-order valence-corrected chi connectivity index (χ4v) is 6.27. The van der Waals surface area contributed by atoms with E-state index in [4.69, 9.17) is 4.99 Å². The van der Waals surface area contributed by atoms with Crippen molar-refractivity contribution in [3.05, 3.63) is 35.4 Å². The second-order valence-electron chi connectivity index (χ2n) is 12.7. The van der Waals surface area contributed by atoms with Gasteiger partial charge >= 0.3 is 5.97 Å². The van der Waals surface area contributed by atoms with Gasteiger partial charge < -0.3 is 14.9 Å². The lowest BCUT2D eigenvalue weighted by Crippen LogP contribution is -2.52. The van der Waals surface area contributed by atoms with Crippen LogP contribution in [0, 0.1) is 16.7 Å². The molecule has 1 saturated heterocycles. The number of likely N-dealkylation sites (tertiary alicyclic amines) is 1. The van der Waals surface area contributed by atoms with Crippen LogP contribution < -0.4 is 0 Å². The van der Waals surface area contributed by atoms with Crippen LogP contribution in [-0.2, 0) is 4.79 Å². The van der Waals surface area contributed by atoms with Crippen molar-refractivity contribution < 1.29 is 14.7 Å². The van der Waals surface area contributed by atoms with Gasteiger partial charge in [-0.15, -0.1) is 0 Å². The van der Waals surface area contributed by atoms with Crippen molar-refractivity contribution in [1.29, 1.82) is 0 Å². The maximum absolute atomic E-state index is 14.1. The summed E-state index contributed by atoms with van der Waals surface area (Å²) in [4.78, 5) is 35.1. The van der Waals surface area contributed by atoms with Crippen LogP contribution in [0.4, 0.5) is 0 Å². The number of amides is 1. The quantitative estimate of drug-likeness (QED) is 0.561. The molecule has 1 amide bonds. The van der Waals surface area contributed by atoms with Gasteiger partial charge in [0.1, 0.15) is 5.66 Å². The Kier molecular flexibility index (Phi) is 6.80. The minimum absolute atomic E-state index is 0.0491. The second-order valence-corrected chi connectivity index (χ2v) is 12.7. The lowest BCUT2D eigenvalue weighted by Gasteiger charge is -2.47. The van der Waals surface area contributed by atoms with Crippen LogP contribution in [0.5, 0.6) is 0 Å². The molecule has 0 aromatic heterocycles. The number of rotatable bonds is 4. The Bertz CT molecular complexity index is 971. The number of benzene rings is 1. The Balaban J connectivity index is 1.68. The number of carboxylic acids is 1. The van der Waals surface area contributed by atoms with Crippen LogP contribution in [0.25, 0.3) is 0 Å². The molecule has 6 nitrogen and oxygen atoms in total. The van der Waals surface area contributed by atoms with E-state index in [1.807, 2.05) is 12.1 Å². The Morgan fingerprint density at radius 3 is 2.14 bits per heavy atom. The van der Waals surface area contributed by atoms with Crippen molar-refractivity contribution in [2.45, 2.75) is 98.2 Å². The third kappa shape index (κ3) is 4.99. The Morgan fingerprint density at radius 2 is 1.66 bits per heavy atom. The first-order chi connectivity index (χ1) is 16.4. The highest BCUT2D eigenvalue weighted by Gasteiger charge is 2.53. The SMILES string of the molecule is CC[C@H](c1ccc(C(=O)O)cc1)N1C(=O)C(N2CCC(C)(C)CC2)=NC12CCC(C(C)(C)C)CC2. The van der Waals surface area contributed by atoms with E-state index < -0.39 is 11.6 Å². The van der Waals surface area contributed by atoms with E-state index in [9.17, 15) is 14.7 Å². The molecule has 0 unspecified atom stereocenters. The molecule has 0 bridgehead atoms. The third-order valence-corrected chi connectivity index (χ3v) is 8.84. The van der Waals surface area contributed by atoms with Gasteiger partial charge in [-0.25, -0.2) is 9.79 Å². The van der Waals surface area contributed by atoms with E-state index in [2.05, 4.69) is 51.3 Å². The van der Waals surface area contributed by atoms with Gasteiger partial charge in [-0.05, 0) is 79.4 Å². The first kappa shape index (κ1) is 25.7. The number of amidine groups is 1. The summed E-state index contributed by atoms with van der Waals surface area (Å²) in [6, 6.07) is 6.93. The molecule has 6 heteroatoms. The van der Waals surface area contributed by atoms with Gasteiger partial charge in [0.05, 0.1) is 11.6 Å². The topological polar surface area (TPSA) is 73.2 Å². The van der Waals surface area contributed by atoms with Gasteiger partial charge in [-0.2, -0.15) is 0 Å². The third-order valence-electron chi connectivity index (χ3n) is 8.84. The monoisotopic (exact) mass is 481 g/mol. The number of aromatic carboxylic acids is 1. The smallest absolute Gasteiger partial charge is 0.335 e. The number of piperidine rings is 1.